The fourth-order valence-corrected chi connectivity index (χ4v) is 0.794. The summed E-state index contributed by atoms with van der Waals surface area (Å²) in [5.41, 5.74) is 5.49. The molecular weight excluding hydrogens is 172 g/mol. The highest BCUT2D eigenvalue weighted by Gasteiger charge is 2.18. The summed E-state index contributed by atoms with van der Waals surface area (Å²) in [4.78, 5) is 23.4. The average molecular weight is 188 g/mol. The highest BCUT2D eigenvalue weighted by molar-refractivity contribution is 5.85. The SMILES string of the molecule is CC[C@@H](N)C(=O)N(C)CC(=O)OC. The summed E-state index contributed by atoms with van der Waals surface area (Å²) in [6.45, 7) is 1.76. The van der Waals surface area contributed by atoms with E-state index in [2.05, 4.69) is 4.74 Å². The topological polar surface area (TPSA) is 72.6 Å². The zero-order chi connectivity index (χ0) is 10.4. The van der Waals surface area contributed by atoms with Crippen molar-refractivity contribution < 1.29 is 14.3 Å². The first-order chi connectivity index (χ1) is 6.02. The molecule has 0 rings (SSSR count). The predicted molar refractivity (Wildman–Crippen MR) is 47.9 cm³/mol. The van der Waals surface area contributed by atoms with E-state index in [-0.39, 0.29) is 12.5 Å². The molecule has 0 fully saturated rings. The number of carbonyl (C=O) groups excluding carboxylic acids is 2. The van der Waals surface area contributed by atoms with Gasteiger partial charge in [-0.3, -0.25) is 9.59 Å². The van der Waals surface area contributed by atoms with E-state index in [9.17, 15) is 9.59 Å². The van der Waals surface area contributed by atoms with Gasteiger partial charge in [-0.05, 0) is 6.42 Å². The van der Waals surface area contributed by atoms with Crippen LogP contribution in [0.3, 0.4) is 0 Å². The first-order valence-electron chi connectivity index (χ1n) is 4.10. The third-order valence-corrected chi connectivity index (χ3v) is 1.73. The lowest BCUT2D eigenvalue weighted by atomic mass is 10.2. The van der Waals surface area contributed by atoms with Crippen LogP contribution in [0.25, 0.3) is 0 Å². The van der Waals surface area contributed by atoms with Crippen molar-refractivity contribution >= 4 is 11.9 Å². The maximum atomic E-state index is 11.3. The molecule has 1 amide bonds. The molecule has 2 N–H and O–H groups in total. The first kappa shape index (κ1) is 11.9. The van der Waals surface area contributed by atoms with E-state index < -0.39 is 12.0 Å². The smallest absolute Gasteiger partial charge is 0.325 e. The molecule has 0 aliphatic rings. The van der Waals surface area contributed by atoms with Crippen LogP contribution in [0.5, 0.6) is 0 Å². The van der Waals surface area contributed by atoms with Gasteiger partial charge < -0.3 is 15.4 Å². The normalized spacial score (nSPS) is 12.0. The standard InChI is InChI=1S/C8H16N2O3/c1-4-6(9)8(12)10(2)5-7(11)13-3/h6H,4-5,9H2,1-3H3/t6-/m1/s1. The fraction of sp³-hybridized carbons (Fsp3) is 0.750. The van der Waals surface area contributed by atoms with E-state index in [0.29, 0.717) is 6.42 Å². The third-order valence-electron chi connectivity index (χ3n) is 1.73. The predicted octanol–water partition coefficient (Wildman–Crippen LogP) is -0.645. The molecule has 0 aromatic heterocycles. The summed E-state index contributed by atoms with van der Waals surface area (Å²) in [6.07, 6.45) is 0.560. The Morgan fingerprint density at radius 2 is 2.08 bits per heavy atom. The van der Waals surface area contributed by atoms with Gasteiger partial charge in [0, 0.05) is 7.05 Å². The van der Waals surface area contributed by atoms with Gasteiger partial charge in [0.25, 0.3) is 0 Å². The summed E-state index contributed by atoms with van der Waals surface area (Å²) in [7, 11) is 2.80. The van der Waals surface area contributed by atoms with Gasteiger partial charge in [-0.2, -0.15) is 0 Å². The van der Waals surface area contributed by atoms with Crippen LogP contribution in [0.1, 0.15) is 13.3 Å². The number of likely N-dealkylation sites (N-methyl/N-ethyl adjacent to an activating group) is 1. The Hall–Kier alpha value is -1.10. The summed E-state index contributed by atoms with van der Waals surface area (Å²) >= 11 is 0. The number of methoxy groups -OCH3 is 1. The maximum absolute atomic E-state index is 11.3. The molecule has 0 heterocycles. The molecule has 0 saturated carbocycles. The van der Waals surface area contributed by atoms with Crippen LogP contribution in [0.15, 0.2) is 0 Å². The van der Waals surface area contributed by atoms with E-state index >= 15 is 0 Å². The number of hydrogen-bond acceptors (Lipinski definition) is 4. The van der Waals surface area contributed by atoms with Gasteiger partial charge in [0.1, 0.15) is 6.54 Å². The Morgan fingerprint density at radius 1 is 1.54 bits per heavy atom. The zero-order valence-corrected chi connectivity index (χ0v) is 8.24. The van der Waals surface area contributed by atoms with Crippen LogP contribution < -0.4 is 5.73 Å². The molecular formula is C8H16N2O3. The number of nitrogens with two attached hydrogens (primary N) is 1. The largest absolute Gasteiger partial charge is 0.468 e. The Morgan fingerprint density at radius 3 is 2.46 bits per heavy atom. The monoisotopic (exact) mass is 188 g/mol. The molecule has 0 unspecified atom stereocenters. The van der Waals surface area contributed by atoms with Gasteiger partial charge in [-0.15, -0.1) is 0 Å². The Bertz CT molecular complexity index is 194. The lowest BCUT2D eigenvalue weighted by Gasteiger charge is -2.18. The molecule has 0 aliphatic heterocycles. The van der Waals surface area contributed by atoms with Crippen LogP contribution >= 0.6 is 0 Å². The van der Waals surface area contributed by atoms with E-state index in [0.717, 1.165) is 0 Å². The van der Waals surface area contributed by atoms with Crippen molar-refractivity contribution in [2.45, 2.75) is 19.4 Å². The summed E-state index contributed by atoms with van der Waals surface area (Å²) in [5.74, 6) is -0.688. The minimum Gasteiger partial charge on any atom is -0.468 e. The molecule has 76 valence electrons. The number of carbonyl (C=O) groups is 2. The molecule has 0 radical (unpaired) electrons. The van der Waals surface area contributed by atoms with Gasteiger partial charge >= 0.3 is 5.97 Å². The molecule has 0 aliphatic carbocycles. The fourth-order valence-electron chi connectivity index (χ4n) is 0.794. The first-order valence-corrected chi connectivity index (χ1v) is 4.10. The molecule has 0 saturated heterocycles. The second-order valence-corrected chi connectivity index (χ2v) is 2.79. The molecule has 13 heavy (non-hydrogen) atoms. The van der Waals surface area contributed by atoms with Crippen molar-refractivity contribution in [3.63, 3.8) is 0 Å². The Balaban J connectivity index is 4.03. The molecule has 0 bridgehead atoms. The molecule has 0 aromatic rings. The quantitative estimate of drug-likeness (QED) is 0.595. The van der Waals surface area contributed by atoms with Gasteiger partial charge in [0.05, 0.1) is 13.2 Å². The molecule has 0 spiro atoms. The van der Waals surface area contributed by atoms with Crippen LogP contribution in [0.4, 0.5) is 0 Å². The number of nitrogens with zero attached hydrogens (tertiary/aromatic N) is 1. The molecule has 5 heteroatoms. The van der Waals surface area contributed by atoms with Crippen LogP contribution in [-0.4, -0.2) is 43.5 Å². The second-order valence-electron chi connectivity index (χ2n) is 2.79. The van der Waals surface area contributed by atoms with Crippen molar-refractivity contribution in [3.05, 3.63) is 0 Å². The van der Waals surface area contributed by atoms with Crippen molar-refractivity contribution in [3.8, 4) is 0 Å². The third kappa shape index (κ3) is 3.89. The summed E-state index contributed by atoms with van der Waals surface area (Å²) in [5, 5.41) is 0. The lowest BCUT2D eigenvalue weighted by molar-refractivity contribution is -0.146. The number of hydrogen-bond donors (Lipinski definition) is 1. The molecule has 1 atom stereocenters. The average Bonchev–Trinajstić information content (AvgIpc) is 2.14. The maximum Gasteiger partial charge on any atom is 0.325 e. The lowest BCUT2D eigenvalue weighted by Crippen LogP contribution is -2.43. The minimum atomic E-state index is -0.533. The van der Waals surface area contributed by atoms with E-state index in [1.165, 1.54) is 19.1 Å². The van der Waals surface area contributed by atoms with Gasteiger partial charge in [-0.1, -0.05) is 6.92 Å². The highest BCUT2D eigenvalue weighted by atomic mass is 16.5. The number of ether oxygens (including phenoxy) is 1. The Kier molecular flexibility index (Phi) is 5.06. The van der Waals surface area contributed by atoms with Gasteiger partial charge in [-0.25, -0.2) is 0 Å². The van der Waals surface area contributed by atoms with Crippen molar-refractivity contribution in [2.75, 3.05) is 20.7 Å². The van der Waals surface area contributed by atoms with E-state index in [4.69, 9.17) is 5.73 Å². The van der Waals surface area contributed by atoms with Crippen LogP contribution in [-0.2, 0) is 14.3 Å². The van der Waals surface area contributed by atoms with Gasteiger partial charge in [0.2, 0.25) is 5.91 Å². The zero-order valence-electron chi connectivity index (χ0n) is 8.24. The van der Waals surface area contributed by atoms with E-state index in [1.54, 1.807) is 0 Å². The second kappa shape index (κ2) is 5.53. The molecule has 0 aromatic carbocycles. The Labute approximate surface area is 77.8 Å². The van der Waals surface area contributed by atoms with E-state index in [1.807, 2.05) is 6.92 Å². The number of esters is 1. The molecule has 5 nitrogen and oxygen atoms in total. The van der Waals surface area contributed by atoms with Gasteiger partial charge in [0.15, 0.2) is 0 Å². The van der Waals surface area contributed by atoms with Crippen LogP contribution in [0.2, 0.25) is 0 Å². The minimum absolute atomic E-state index is 0.0525. The van der Waals surface area contributed by atoms with Crippen molar-refractivity contribution in [1.82, 2.24) is 4.90 Å². The van der Waals surface area contributed by atoms with Crippen molar-refractivity contribution in [1.29, 1.82) is 0 Å². The number of amides is 1. The summed E-state index contributed by atoms with van der Waals surface area (Å²) in [6, 6.07) is -0.533. The van der Waals surface area contributed by atoms with Crippen LogP contribution in [0, 0.1) is 0 Å². The van der Waals surface area contributed by atoms with Crippen molar-refractivity contribution in [2.24, 2.45) is 5.73 Å². The summed E-state index contributed by atoms with van der Waals surface area (Å²) < 4.78 is 4.41. The highest BCUT2D eigenvalue weighted by Crippen LogP contribution is 1.94. The number of rotatable bonds is 4.